The second-order valence-electron chi connectivity index (χ2n) is 4.10. The Balaban J connectivity index is 3.08. The Hall–Kier alpha value is -1.10. The van der Waals surface area contributed by atoms with Crippen LogP contribution in [0.15, 0.2) is 5.03 Å². The van der Waals surface area contributed by atoms with E-state index in [0.717, 1.165) is 5.75 Å². The summed E-state index contributed by atoms with van der Waals surface area (Å²) in [5.74, 6) is 0.411. The molecule has 0 aliphatic carbocycles. The summed E-state index contributed by atoms with van der Waals surface area (Å²) in [6.07, 6.45) is 0. The van der Waals surface area contributed by atoms with Crippen LogP contribution >= 0.6 is 11.8 Å². The molecule has 0 amide bonds. The van der Waals surface area contributed by atoms with Gasteiger partial charge in [0.2, 0.25) is 0 Å². The highest BCUT2D eigenvalue weighted by Crippen LogP contribution is 2.25. The minimum Gasteiger partial charge on any atom is -0.478 e. The Morgan fingerprint density at radius 3 is 2.50 bits per heavy atom. The van der Waals surface area contributed by atoms with Crippen molar-refractivity contribution < 1.29 is 9.90 Å². The predicted molar refractivity (Wildman–Crippen MR) is 64.0 cm³/mol. The number of carboxylic acid groups (broad SMARTS) is 1. The molecule has 0 aromatic carbocycles. The van der Waals surface area contributed by atoms with E-state index in [1.54, 1.807) is 13.8 Å². The first-order valence-electron chi connectivity index (χ1n) is 5.13. The van der Waals surface area contributed by atoms with E-state index in [0.29, 0.717) is 22.2 Å². The smallest absolute Gasteiger partial charge is 0.338 e. The van der Waals surface area contributed by atoms with E-state index in [1.807, 2.05) is 0 Å². The van der Waals surface area contributed by atoms with Crippen molar-refractivity contribution in [3.05, 3.63) is 16.8 Å². The van der Waals surface area contributed by atoms with Crippen LogP contribution in [0.5, 0.6) is 0 Å². The van der Waals surface area contributed by atoms with Crippen LogP contribution in [0.1, 0.15) is 35.5 Å². The number of rotatable bonds is 4. The quantitative estimate of drug-likeness (QED) is 0.819. The van der Waals surface area contributed by atoms with Crippen LogP contribution in [-0.4, -0.2) is 27.0 Å². The number of hydrogen-bond acceptors (Lipinski definition) is 4. The van der Waals surface area contributed by atoms with Crippen LogP contribution in [0.3, 0.4) is 0 Å². The van der Waals surface area contributed by atoms with Crippen molar-refractivity contribution in [2.24, 2.45) is 5.92 Å². The highest BCUT2D eigenvalue weighted by Gasteiger charge is 2.18. The monoisotopic (exact) mass is 240 g/mol. The standard InChI is InChI=1S/C11H16N2O2S/c1-6(2)5-16-10-9(11(14)15)7(3)8(4)12-13-10/h6H,5H2,1-4H3,(H,14,15). The zero-order valence-electron chi connectivity index (χ0n) is 9.94. The molecule has 1 N–H and O–H groups in total. The number of aromatic nitrogens is 2. The third-order valence-electron chi connectivity index (χ3n) is 2.19. The topological polar surface area (TPSA) is 63.1 Å². The fourth-order valence-corrected chi connectivity index (χ4v) is 2.16. The van der Waals surface area contributed by atoms with Crippen molar-refractivity contribution in [3.63, 3.8) is 0 Å². The summed E-state index contributed by atoms with van der Waals surface area (Å²) in [5, 5.41) is 17.6. The molecule has 0 unspecified atom stereocenters. The van der Waals surface area contributed by atoms with Gasteiger partial charge in [-0.15, -0.1) is 16.9 Å². The van der Waals surface area contributed by atoms with Crippen molar-refractivity contribution in [2.75, 3.05) is 5.75 Å². The summed E-state index contributed by atoms with van der Waals surface area (Å²) in [7, 11) is 0. The van der Waals surface area contributed by atoms with Crippen LogP contribution < -0.4 is 0 Å². The van der Waals surface area contributed by atoms with Gasteiger partial charge in [-0.2, -0.15) is 5.10 Å². The largest absolute Gasteiger partial charge is 0.478 e. The first-order chi connectivity index (χ1) is 7.43. The van der Waals surface area contributed by atoms with Gasteiger partial charge in [0.25, 0.3) is 0 Å². The maximum absolute atomic E-state index is 11.2. The molecule has 0 radical (unpaired) electrons. The predicted octanol–water partition coefficient (Wildman–Crippen LogP) is 2.54. The molecule has 88 valence electrons. The minimum atomic E-state index is -0.929. The maximum Gasteiger partial charge on any atom is 0.338 e. The second kappa shape index (κ2) is 5.30. The number of thioether (sulfide) groups is 1. The van der Waals surface area contributed by atoms with Gasteiger partial charge in [0.05, 0.1) is 11.3 Å². The Kier molecular flexibility index (Phi) is 4.29. The summed E-state index contributed by atoms with van der Waals surface area (Å²) in [4.78, 5) is 11.2. The highest BCUT2D eigenvalue weighted by molar-refractivity contribution is 7.99. The molecule has 1 heterocycles. The lowest BCUT2D eigenvalue weighted by Gasteiger charge is -2.09. The van der Waals surface area contributed by atoms with Crippen molar-refractivity contribution in [2.45, 2.75) is 32.7 Å². The average molecular weight is 240 g/mol. The summed E-state index contributed by atoms with van der Waals surface area (Å²) in [6, 6.07) is 0. The molecular weight excluding hydrogens is 224 g/mol. The summed E-state index contributed by atoms with van der Waals surface area (Å²) >= 11 is 1.45. The van der Waals surface area contributed by atoms with Crippen LogP contribution in [-0.2, 0) is 0 Å². The van der Waals surface area contributed by atoms with E-state index in [1.165, 1.54) is 11.8 Å². The fourth-order valence-electron chi connectivity index (χ4n) is 1.19. The number of carboxylic acids is 1. The number of aryl methyl sites for hydroxylation is 1. The zero-order valence-corrected chi connectivity index (χ0v) is 10.8. The van der Waals surface area contributed by atoms with Gasteiger partial charge in [0.1, 0.15) is 5.03 Å². The van der Waals surface area contributed by atoms with E-state index in [-0.39, 0.29) is 5.56 Å². The lowest BCUT2D eigenvalue weighted by molar-refractivity contribution is 0.0690. The van der Waals surface area contributed by atoms with Crippen molar-refractivity contribution in [3.8, 4) is 0 Å². The van der Waals surface area contributed by atoms with E-state index in [9.17, 15) is 4.79 Å². The molecule has 1 rings (SSSR count). The zero-order chi connectivity index (χ0) is 12.3. The van der Waals surface area contributed by atoms with Gasteiger partial charge in [-0.25, -0.2) is 4.79 Å². The molecule has 1 aromatic heterocycles. The van der Waals surface area contributed by atoms with Crippen LogP contribution in [0, 0.1) is 19.8 Å². The molecular formula is C11H16N2O2S. The van der Waals surface area contributed by atoms with Crippen molar-refractivity contribution in [1.29, 1.82) is 0 Å². The Morgan fingerprint density at radius 2 is 2.00 bits per heavy atom. The average Bonchev–Trinajstić information content (AvgIpc) is 2.19. The molecule has 0 saturated carbocycles. The SMILES string of the molecule is Cc1nnc(SCC(C)C)c(C(=O)O)c1C. The normalized spacial score (nSPS) is 10.8. The van der Waals surface area contributed by atoms with Crippen molar-refractivity contribution >= 4 is 17.7 Å². The van der Waals surface area contributed by atoms with Crippen LogP contribution in [0.2, 0.25) is 0 Å². The summed E-state index contributed by atoms with van der Waals surface area (Å²) < 4.78 is 0. The maximum atomic E-state index is 11.2. The molecule has 0 spiro atoms. The molecule has 16 heavy (non-hydrogen) atoms. The van der Waals surface area contributed by atoms with Crippen molar-refractivity contribution in [1.82, 2.24) is 10.2 Å². The van der Waals surface area contributed by atoms with E-state index in [4.69, 9.17) is 5.11 Å². The lowest BCUT2D eigenvalue weighted by atomic mass is 10.1. The molecule has 0 aliphatic rings. The highest BCUT2D eigenvalue weighted by atomic mass is 32.2. The fraction of sp³-hybridized carbons (Fsp3) is 0.545. The lowest BCUT2D eigenvalue weighted by Crippen LogP contribution is -2.08. The van der Waals surface area contributed by atoms with Gasteiger partial charge < -0.3 is 5.11 Å². The molecule has 1 aromatic rings. The first kappa shape index (κ1) is 13.0. The van der Waals surface area contributed by atoms with Gasteiger partial charge in [-0.1, -0.05) is 13.8 Å². The molecule has 0 atom stereocenters. The van der Waals surface area contributed by atoms with Gasteiger partial charge in [-0.05, 0) is 25.3 Å². The van der Waals surface area contributed by atoms with Gasteiger partial charge in [0, 0.05) is 5.75 Å². The van der Waals surface area contributed by atoms with Crippen LogP contribution in [0.4, 0.5) is 0 Å². The third-order valence-corrected chi connectivity index (χ3v) is 3.58. The molecule has 4 nitrogen and oxygen atoms in total. The summed E-state index contributed by atoms with van der Waals surface area (Å²) in [5.41, 5.74) is 1.67. The number of hydrogen-bond donors (Lipinski definition) is 1. The van der Waals surface area contributed by atoms with E-state index >= 15 is 0 Å². The Labute approximate surface area is 99.5 Å². The minimum absolute atomic E-state index is 0.290. The molecule has 0 bridgehead atoms. The number of aromatic carboxylic acids is 1. The first-order valence-corrected chi connectivity index (χ1v) is 6.12. The van der Waals surface area contributed by atoms with Crippen LogP contribution in [0.25, 0.3) is 0 Å². The van der Waals surface area contributed by atoms with Gasteiger partial charge in [-0.3, -0.25) is 0 Å². The molecule has 5 heteroatoms. The van der Waals surface area contributed by atoms with E-state index in [2.05, 4.69) is 24.0 Å². The van der Waals surface area contributed by atoms with Gasteiger partial charge >= 0.3 is 5.97 Å². The van der Waals surface area contributed by atoms with E-state index < -0.39 is 5.97 Å². The Bertz CT molecular complexity index is 405. The number of nitrogens with zero attached hydrogens (tertiary/aromatic N) is 2. The number of carbonyl (C=O) groups is 1. The molecule has 0 aliphatic heterocycles. The van der Waals surface area contributed by atoms with Gasteiger partial charge in [0.15, 0.2) is 0 Å². The Morgan fingerprint density at radius 1 is 1.38 bits per heavy atom. The summed E-state index contributed by atoms with van der Waals surface area (Å²) in [6.45, 7) is 7.71. The second-order valence-corrected chi connectivity index (χ2v) is 5.11. The molecule has 0 fully saturated rings. The third kappa shape index (κ3) is 2.95. The molecule has 0 saturated heterocycles.